The first-order chi connectivity index (χ1) is 12.0. The standard InChI is InChI=1S/C18H24N4O3/c1-3-19-14(2)11-20-16(23)13-22-17(24)9-10-21(18(22)25)12-15-7-5-4-6-8-15/h4-10,14,19H,3,11-13H2,1-2H3,(H,20,23)/t14-/m1/s1. The van der Waals surface area contributed by atoms with Crippen LogP contribution in [0.25, 0.3) is 0 Å². The predicted octanol–water partition coefficient (Wildman–Crippen LogP) is 0.173. The van der Waals surface area contributed by atoms with Crippen LogP contribution in [0, 0.1) is 0 Å². The number of nitrogens with one attached hydrogen (secondary N) is 2. The van der Waals surface area contributed by atoms with Gasteiger partial charge in [0.2, 0.25) is 5.91 Å². The number of carbonyl (C=O) groups is 1. The third-order valence-electron chi connectivity index (χ3n) is 3.80. The van der Waals surface area contributed by atoms with Gasteiger partial charge in [0.05, 0.1) is 6.54 Å². The van der Waals surface area contributed by atoms with Crippen LogP contribution in [-0.2, 0) is 17.9 Å². The van der Waals surface area contributed by atoms with E-state index in [-0.39, 0.29) is 18.5 Å². The maximum absolute atomic E-state index is 12.5. The zero-order valence-electron chi connectivity index (χ0n) is 14.6. The average Bonchev–Trinajstić information content (AvgIpc) is 2.60. The maximum atomic E-state index is 12.5. The van der Waals surface area contributed by atoms with Crippen LogP contribution in [0.5, 0.6) is 0 Å². The summed E-state index contributed by atoms with van der Waals surface area (Å²) < 4.78 is 2.38. The predicted molar refractivity (Wildman–Crippen MR) is 96.7 cm³/mol. The van der Waals surface area contributed by atoms with E-state index in [1.165, 1.54) is 16.8 Å². The van der Waals surface area contributed by atoms with Crippen molar-refractivity contribution in [3.05, 3.63) is 69.0 Å². The van der Waals surface area contributed by atoms with Crippen molar-refractivity contribution in [2.75, 3.05) is 13.1 Å². The molecule has 7 nitrogen and oxygen atoms in total. The molecule has 2 N–H and O–H groups in total. The van der Waals surface area contributed by atoms with Crippen molar-refractivity contribution in [1.29, 1.82) is 0 Å². The first kappa shape index (κ1) is 18.7. The molecule has 1 amide bonds. The molecule has 0 aliphatic rings. The van der Waals surface area contributed by atoms with E-state index in [1.54, 1.807) is 0 Å². The van der Waals surface area contributed by atoms with Crippen LogP contribution in [0.4, 0.5) is 0 Å². The van der Waals surface area contributed by atoms with E-state index >= 15 is 0 Å². The van der Waals surface area contributed by atoms with Crippen LogP contribution in [0.2, 0.25) is 0 Å². The first-order valence-corrected chi connectivity index (χ1v) is 8.35. The second-order valence-electron chi connectivity index (χ2n) is 5.90. The van der Waals surface area contributed by atoms with Crippen LogP contribution in [0.15, 0.2) is 52.2 Å². The molecule has 2 aromatic rings. The number of aromatic nitrogens is 2. The first-order valence-electron chi connectivity index (χ1n) is 8.35. The van der Waals surface area contributed by atoms with Crippen molar-refractivity contribution in [2.24, 2.45) is 0 Å². The highest BCUT2D eigenvalue weighted by Crippen LogP contribution is 1.99. The topological polar surface area (TPSA) is 85.1 Å². The lowest BCUT2D eigenvalue weighted by atomic mass is 10.2. The summed E-state index contributed by atoms with van der Waals surface area (Å²) in [6, 6.07) is 10.9. The van der Waals surface area contributed by atoms with Crippen LogP contribution in [0.1, 0.15) is 19.4 Å². The molecule has 0 bridgehead atoms. The molecule has 1 atom stereocenters. The van der Waals surface area contributed by atoms with Crippen molar-refractivity contribution < 1.29 is 4.79 Å². The summed E-state index contributed by atoms with van der Waals surface area (Å²) in [6.45, 7) is 5.24. The summed E-state index contributed by atoms with van der Waals surface area (Å²) in [4.78, 5) is 36.5. The minimum absolute atomic E-state index is 0.121. The summed E-state index contributed by atoms with van der Waals surface area (Å²) >= 11 is 0. The summed E-state index contributed by atoms with van der Waals surface area (Å²) in [6.07, 6.45) is 1.46. The van der Waals surface area contributed by atoms with E-state index in [4.69, 9.17) is 0 Å². The van der Waals surface area contributed by atoms with E-state index in [0.717, 1.165) is 16.7 Å². The Balaban J connectivity index is 2.10. The zero-order chi connectivity index (χ0) is 18.2. The average molecular weight is 344 g/mol. The van der Waals surface area contributed by atoms with Crippen molar-refractivity contribution in [2.45, 2.75) is 33.0 Å². The Morgan fingerprint density at radius 3 is 2.56 bits per heavy atom. The SMILES string of the molecule is CCN[C@H](C)CNC(=O)Cn1c(=O)ccn(Cc2ccccc2)c1=O. The molecule has 134 valence electrons. The van der Waals surface area contributed by atoms with E-state index in [2.05, 4.69) is 10.6 Å². The van der Waals surface area contributed by atoms with Gasteiger partial charge in [0.25, 0.3) is 5.56 Å². The van der Waals surface area contributed by atoms with Gasteiger partial charge >= 0.3 is 5.69 Å². The van der Waals surface area contributed by atoms with Crippen LogP contribution in [0.3, 0.4) is 0 Å². The molecule has 0 aliphatic heterocycles. The molecule has 0 spiro atoms. The summed E-state index contributed by atoms with van der Waals surface area (Å²) in [5, 5.41) is 5.90. The molecule has 1 heterocycles. The largest absolute Gasteiger partial charge is 0.353 e. The van der Waals surface area contributed by atoms with Gasteiger partial charge in [0.15, 0.2) is 0 Å². The van der Waals surface area contributed by atoms with Gasteiger partial charge < -0.3 is 10.6 Å². The van der Waals surface area contributed by atoms with Gasteiger partial charge in [-0.2, -0.15) is 0 Å². The molecule has 2 rings (SSSR count). The Hall–Kier alpha value is -2.67. The van der Waals surface area contributed by atoms with Gasteiger partial charge in [-0.05, 0) is 19.0 Å². The maximum Gasteiger partial charge on any atom is 0.331 e. The number of rotatable bonds is 8. The van der Waals surface area contributed by atoms with Crippen molar-refractivity contribution in [3.8, 4) is 0 Å². The highest BCUT2D eigenvalue weighted by molar-refractivity contribution is 5.75. The molecule has 0 unspecified atom stereocenters. The minimum atomic E-state index is -0.494. The van der Waals surface area contributed by atoms with E-state index in [9.17, 15) is 14.4 Å². The lowest BCUT2D eigenvalue weighted by molar-refractivity contribution is -0.121. The summed E-state index contributed by atoms with van der Waals surface area (Å²) in [5.41, 5.74) is -0.0332. The molecule has 7 heteroatoms. The molecule has 1 aromatic carbocycles. The highest BCUT2D eigenvalue weighted by Gasteiger charge is 2.11. The van der Waals surface area contributed by atoms with Gasteiger partial charge in [-0.25, -0.2) is 4.79 Å². The fourth-order valence-corrected chi connectivity index (χ4v) is 2.49. The molecular formula is C18H24N4O3. The normalized spacial score (nSPS) is 11.9. The lowest BCUT2D eigenvalue weighted by Crippen LogP contribution is -2.45. The number of carbonyl (C=O) groups excluding carboxylic acids is 1. The number of benzene rings is 1. The molecule has 0 fully saturated rings. The van der Waals surface area contributed by atoms with Gasteiger partial charge in [-0.1, -0.05) is 37.3 Å². The monoisotopic (exact) mass is 344 g/mol. The Morgan fingerprint density at radius 2 is 1.88 bits per heavy atom. The zero-order valence-corrected chi connectivity index (χ0v) is 14.6. The van der Waals surface area contributed by atoms with Gasteiger partial charge in [0, 0.05) is 24.8 Å². The van der Waals surface area contributed by atoms with Gasteiger partial charge in [-0.3, -0.25) is 18.7 Å². The van der Waals surface area contributed by atoms with E-state index in [1.807, 2.05) is 44.2 Å². The third kappa shape index (κ3) is 5.42. The minimum Gasteiger partial charge on any atom is -0.353 e. The van der Waals surface area contributed by atoms with Gasteiger partial charge in [-0.15, -0.1) is 0 Å². The van der Waals surface area contributed by atoms with E-state index < -0.39 is 11.2 Å². The fourth-order valence-electron chi connectivity index (χ4n) is 2.49. The Bertz CT molecular complexity index is 811. The van der Waals surface area contributed by atoms with Crippen molar-refractivity contribution >= 4 is 5.91 Å². The molecule has 0 aliphatic carbocycles. The summed E-state index contributed by atoms with van der Waals surface area (Å²) in [5.74, 6) is -0.360. The molecule has 0 saturated heterocycles. The summed E-state index contributed by atoms with van der Waals surface area (Å²) in [7, 11) is 0. The van der Waals surface area contributed by atoms with Crippen LogP contribution in [-0.4, -0.2) is 34.2 Å². The second kappa shape index (κ2) is 8.98. The molecule has 1 aromatic heterocycles. The highest BCUT2D eigenvalue weighted by atomic mass is 16.2. The molecule has 0 radical (unpaired) electrons. The number of nitrogens with zero attached hydrogens (tertiary/aromatic N) is 2. The van der Waals surface area contributed by atoms with Crippen molar-refractivity contribution in [3.63, 3.8) is 0 Å². The van der Waals surface area contributed by atoms with Crippen LogP contribution >= 0.6 is 0 Å². The number of likely N-dealkylation sites (N-methyl/N-ethyl adjacent to an activating group) is 1. The number of amides is 1. The lowest BCUT2D eigenvalue weighted by Gasteiger charge is -2.14. The Kier molecular flexibility index (Phi) is 6.71. The van der Waals surface area contributed by atoms with E-state index in [0.29, 0.717) is 13.1 Å². The Morgan fingerprint density at radius 1 is 1.16 bits per heavy atom. The molecular weight excluding hydrogens is 320 g/mol. The fraction of sp³-hybridized carbons (Fsp3) is 0.389. The second-order valence-corrected chi connectivity index (χ2v) is 5.90. The quantitative estimate of drug-likeness (QED) is 0.715. The van der Waals surface area contributed by atoms with Crippen molar-refractivity contribution in [1.82, 2.24) is 19.8 Å². The smallest absolute Gasteiger partial charge is 0.331 e. The van der Waals surface area contributed by atoms with Gasteiger partial charge in [0.1, 0.15) is 6.54 Å². The van der Waals surface area contributed by atoms with Crippen LogP contribution < -0.4 is 21.9 Å². The third-order valence-corrected chi connectivity index (χ3v) is 3.80. The number of hydrogen-bond acceptors (Lipinski definition) is 4. The molecule has 25 heavy (non-hydrogen) atoms. The Labute approximate surface area is 146 Å². The number of hydrogen-bond donors (Lipinski definition) is 2. The molecule has 0 saturated carbocycles.